The summed E-state index contributed by atoms with van der Waals surface area (Å²) in [5.41, 5.74) is 5.79. The summed E-state index contributed by atoms with van der Waals surface area (Å²) in [7, 11) is 0. The second-order valence-corrected chi connectivity index (χ2v) is 6.41. The van der Waals surface area contributed by atoms with Crippen molar-refractivity contribution < 1.29 is 0 Å². The Morgan fingerprint density at radius 3 is 2.40 bits per heavy atom. The Hall–Kier alpha value is -2.59. The summed E-state index contributed by atoms with van der Waals surface area (Å²) < 4.78 is 2.29. The summed E-state index contributed by atoms with van der Waals surface area (Å²) >= 11 is 0. The molecule has 4 heteroatoms. The highest BCUT2D eigenvalue weighted by Gasteiger charge is 2.24. The second kappa shape index (κ2) is 6.37. The third-order valence-corrected chi connectivity index (χ3v) is 5.11. The van der Waals surface area contributed by atoms with Crippen LogP contribution in [0.3, 0.4) is 0 Å². The van der Waals surface area contributed by atoms with E-state index in [0.29, 0.717) is 0 Å². The highest BCUT2D eigenvalue weighted by molar-refractivity contribution is 5.82. The lowest BCUT2D eigenvalue weighted by Gasteiger charge is -2.27. The van der Waals surface area contributed by atoms with Crippen molar-refractivity contribution in [2.45, 2.75) is 26.8 Å². The summed E-state index contributed by atoms with van der Waals surface area (Å²) in [6, 6.07) is 19.2. The van der Waals surface area contributed by atoms with Crippen LogP contribution in [-0.4, -0.2) is 32.4 Å². The van der Waals surface area contributed by atoms with E-state index in [2.05, 4.69) is 83.6 Å². The third kappa shape index (κ3) is 2.53. The summed E-state index contributed by atoms with van der Waals surface area (Å²) in [6.07, 6.45) is 0. The van der Waals surface area contributed by atoms with E-state index in [-0.39, 0.29) is 6.04 Å². The highest BCUT2D eigenvalue weighted by Crippen LogP contribution is 2.34. The minimum absolute atomic E-state index is 0.277. The van der Waals surface area contributed by atoms with Gasteiger partial charge in [-0.1, -0.05) is 56.3 Å². The average molecular weight is 332 g/mol. The van der Waals surface area contributed by atoms with Crippen LogP contribution >= 0.6 is 0 Å². The number of hydrogen-bond donors (Lipinski definition) is 1. The summed E-state index contributed by atoms with van der Waals surface area (Å²) in [5.74, 6) is 0.911. The summed E-state index contributed by atoms with van der Waals surface area (Å²) in [4.78, 5) is 10.9. The Bertz CT molecular complexity index is 993. The van der Waals surface area contributed by atoms with E-state index in [1.807, 2.05) is 6.07 Å². The van der Waals surface area contributed by atoms with Crippen LogP contribution in [0.25, 0.3) is 28.1 Å². The van der Waals surface area contributed by atoms with E-state index >= 15 is 0 Å². The molecule has 2 heterocycles. The molecule has 0 aliphatic rings. The Morgan fingerprint density at radius 2 is 1.68 bits per heavy atom. The average Bonchev–Trinajstić information content (AvgIpc) is 3.19. The van der Waals surface area contributed by atoms with Gasteiger partial charge in [0.15, 0.2) is 0 Å². The first-order valence-corrected chi connectivity index (χ1v) is 9.03. The monoisotopic (exact) mass is 332 g/mol. The molecule has 1 unspecified atom stereocenters. The zero-order valence-corrected chi connectivity index (χ0v) is 15.0. The molecule has 4 aromatic rings. The van der Waals surface area contributed by atoms with Gasteiger partial charge in [0, 0.05) is 11.6 Å². The lowest BCUT2D eigenvalue weighted by molar-refractivity contribution is 0.230. The van der Waals surface area contributed by atoms with Crippen LogP contribution in [0, 0.1) is 0 Å². The lowest BCUT2D eigenvalue weighted by Crippen LogP contribution is -2.27. The molecule has 0 saturated carbocycles. The van der Waals surface area contributed by atoms with E-state index < -0.39 is 0 Å². The molecule has 2 aromatic heterocycles. The molecule has 0 amide bonds. The first kappa shape index (κ1) is 15.9. The maximum absolute atomic E-state index is 4.97. The normalized spacial score (nSPS) is 13.1. The first-order chi connectivity index (χ1) is 12.2. The van der Waals surface area contributed by atoms with Crippen LogP contribution in [0.4, 0.5) is 0 Å². The Kier molecular flexibility index (Phi) is 4.06. The van der Waals surface area contributed by atoms with E-state index in [1.54, 1.807) is 0 Å². The topological polar surface area (TPSA) is 36.3 Å². The molecule has 0 spiro atoms. The fourth-order valence-corrected chi connectivity index (χ4v) is 3.79. The van der Waals surface area contributed by atoms with Gasteiger partial charge in [-0.05, 0) is 32.1 Å². The van der Waals surface area contributed by atoms with Crippen molar-refractivity contribution in [3.05, 3.63) is 60.3 Å². The van der Waals surface area contributed by atoms with Gasteiger partial charge in [-0.15, -0.1) is 0 Å². The van der Waals surface area contributed by atoms with Crippen molar-refractivity contribution in [3.8, 4) is 11.3 Å². The molecule has 4 nitrogen and oxygen atoms in total. The van der Waals surface area contributed by atoms with Crippen molar-refractivity contribution >= 4 is 16.8 Å². The van der Waals surface area contributed by atoms with Crippen LogP contribution in [0.15, 0.2) is 54.6 Å². The molecule has 1 N–H and O–H groups in total. The van der Waals surface area contributed by atoms with Crippen molar-refractivity contribution in [2.75, 3.05) is 13.1 Å². The van der Waals surface area contributed by atoms with Crippen molar-refractivity contribution in [2.24, 2.45) is 0 Å². The van der Waals surface area contributed by atoms with Crippen molar-refractivity contribution in [3.63, 3.8) is 0 Å². The molecule has 128 valence electrons. The molecule has 0 fully saturated rings. The van der Waals surface area contributed by atoms with Crippen molar-refractivity contribution in [1.29, 1.82) is 0 Å². The quantitative estimate of drug-likeness (QED) is 0.565. The number of fused-ring (bicyclic) bond motifs is 3. The zero-order valence-electron chi connectivity index (χ0n) is 15.0. The zero-order chi connectivity index (χ0) is 17.4. The highest BCUT2D eigenvalue weighted by atomic mass is 15.2. The van der Waals surface area contributed by atoms with Gasteiger partial charge >= 0.3 is 0 Å². The molecule has 0 radical (unpaired) electrons. The Balaban J connectivity index is 2.03. The van der Waals surface area contributed by atoms with Crippen LogP contribution in [-0.2, 0) is 0 Å². The number of rotatable bonds is 5. The van der Waals surface area contributed by atoms with Gasteiger partial charge in [-0.25, -0.2) is 4.98 Å². The first-order valence-electron chi connectivity index (χ1n) is 9.03. The predicted molar refractivity (Wildman–Crippen MR) is 104 cm³/mol. The molecule has 0 aliphatic carbocycles. The molecular formula is C21H24N4. The van der Waals surface area contributed by atoms with Gasteiger partial charge in [0.25, 0.3) is 0 Å². The van der Waals surface area contributed by atoms with Gasteiger partial charge in [-0.2, -0.15) is 0 Å². The molecule has 0 aliphatic heterocycles. The van der Waals surface area contributed by atoms with E-state index in [4.69, 9.17) is 4.98 Å². The molecule has 0 saturated heterocycles. The fraction of sp³-hybridized carbons (Fsp3) is 0.286. The van der Waals surface area contributed by atoms with E-state index in [0.717, 1.165) is 35.6 Å². The molecular weight excluding hydrogens is 308 g/mol. The van der Waals surface area contributed by atoms with Crippen molar-refractivity contribution in [1.82, 2.24) is 19.3 Å². The molecule has 0 bridgehead atoms. The van der Waals surface area contributed by atoms with Crippen LogP contribution in [0.5, 0.6) is 0 Å². The minimum Gasteiger partial charge on any atom is -0.323 e. The standard InChI is InChI=1S/C21H24N4/c1-4-24(5-2)15(3)20-19(16-11-7-6-8-12-16)23-21-22-17-13-9-10-14-18(17)25(20)21/h6-15H,4-5H2,1-3H3,(H,22,23). The number of imidazole rings is 2. The number of H-pyrrole nitrogens is 1. The molecule has 1 atom stereocenters. The lowest BCUT2D eigenvalue weighted by atomic mass is 10.1. The molecule has 2 aromatic carbocycles. The SMILES string of the molecule is CCN(CC)C(C)c1c(-c2ccccc2)nc2[nH]c3ccccc3n12. The number of benzene rings is 2. The van der Waals surface area contributed by atoms with Gasteiger partial charge in [0.1, 0.15) is 0 Å². The molecule has 25 heavy (non-hydrogen) atoms. The van der Waals surface area contributed by atoms with Gasteiger partial charge < -0.3 is 4.98 Å². The Morgan fingerprint density at radius 1 is 1.00 bits per heavy atom. The smallest absolute Gasteiger partial charge is 0.213 e. The number of aromatic nitrogens is 3. The number of nitrogens with one attached hydrogen (secondary N) is 1. The minimum atomic E-state index is 0.277. The third-order valence-electron chi connectivity index (χ3n) is 5.11. The van der Waals surface area contributed by atoms with Crippen LogP contribution in [0.2, 0.25) is 0 Å². The van der Waals surface area contributed by atoms with E-state index in [9.17, 15) is 0 Å². The van der Waals surface area contributed by atoms with E-state index in [1.165, 1.54) is 11.2 Å². The number of nitrogens with zero attached hydrogens (tertiary/aromatic N) is 3. The summed E-state index contributed by atoms with van der Waals surface area (Å²) in [5, 5.41) is 0. The number of aromatic amines is 1. The predicted octanol–water partition coefficient (Wildman–Crippen LogP) is 4.89. The number of para-hydroxylation sites is 2. The maximum Gasteiger partial charge on any atom is 0.213 e. The van der Waals surface area contributed by atoms with Gasteiger partial charge in [0.05, 0.1) is 22.4 Å². The van der Waals surface area contributed by atoms with Crippen LogP contribution in [0.1, 0.15) is 32.5 Å². The Labute approximate surface area is 148 Å². The van der Waals surface area contributed by atoms with Gasteiger partial charge in [-0.3, -0.25) is 9.30 Å². The number of hydrogen-bond acceptors (Lipinski definition) is 2. The second-order valence-electron chi connectivity index (χ2n) is 6.41. The fourth-order valence-electron chi connectivity index (χ4n) is 3.79. The summed E-state index contributed by atoms with van der Waals surface area (Å²) in [6.45, 7) is 8.75. The maximum atomic E-state index is 4.97. The van der Waals surface area contributed by atoms with Gasteiger partial charge in [0.2, 0.25) is 5.78 Å². The van der Waals surface area contributed by atoms with Crippen LogP contribution < -0.4 is 0 Å². The largest absolute Gasteiger partial charge is 0.323 e. The molecule has 4 rings (SSSR count).